The van der Waals surface area contributed by atoms with Gasteiger partial charge >= 0.3 is 6.03 Å². The van der Waals surface area contributed by atoms with Gasteiger partial charge in [-0.15, -0.1) is 12.4 Å². The predicted octanol–water partition coefficient (Wildman–Crippen LogP) is -1.44. The smallest absolute Gasteiger partial charge is 0.336 e. The van der Waals surface area contributed by atoms with Crippen LogP contribution in [0, 0.1) is 5.41 Å². The van der Waals surface area contributed by atoms with Gasteiger partial charge in [0, 0.05) is 0 Å². The summed E-state index contributed by atoms with van der Waals surface area (Å²) in [6.45, 7) is 0. The molecule has 0 aromatic heterocycles. The zero-order valence-corrected chi connectivity index (χ0v) is 5.31. The number of nitrogens with two attached hydrogens (primary N) is 3. The minimum absolute atomic E-state index is 0. The molecule has 0 aromatic rings. The molecule has 0 fully saturated rings. The molecular formula is C2H8ClN5O. The van der Waals surface area contributed by atoms with E-state index in [2.05, 4.69) is 5.73 Å². The maximum Gasteiger partial charge on any atom is 0.336 e. The zero-order chi connectivity index (χ0) is 6.73. The first-order valence-electron chi connectivity index (χ1n) is 1.74. The van der Waals surface area contributed by atoms with E-state index in [-0.39, 0.29) is 12.4 Å². The van der Waals surface area contributed by atoms with Crippen molar-refractivity contribution in [1.82, 2.24) is 5.01 Å². The van der Waals surface area contributed by atoms with Gasteiger partial charge in [0.2, 0.25) is 5.96 Å². The number of hydrogen-bond donors (Lipinski definition) is 4. The van der Waals surface area contributed by atoms with Crippen LogP contribution in [0.2, 0.25) is 0 Å². The topological polar surface area (TPSA) is 122 Å². The standard InChI is InChI=1S/C2H7N5O.ClH/c3-1(4)7(6)2(5)8;/h6H2,(H3,3,4)(H2,5,8);1H. The molecule has 0 atom stereocenters. The number of halogens is 1. The van der Waals surface area contributed by atoms with Crippen LogP contribution in [-0.4, -0.2) is 17.0 Å². The molecule has 0 spiro atoms. The molecule has 0 aliphatic carbocycles. The number of carbonyl (C=O) groups is 1. The van der Waals surface area contributed by atoms with Gasteiger partial charge in [0.15, 0.2) is 0 Å². The number of carbonyl (C=O) groups excluding carboxylic acids is 1. The van der Waals surface area contributed by atoms with Crippen molar-refractivity contribution in [2.75, 3.05) is 0 Å². The normalized spacial score (nSPS) is 7.22. The number of urea groups is 1. The molecule has 0 aliphatic heterocycles. The fourth-order valence-electron chi connectivity index (χ4n) is 0.119. The molecule has 7 N–H and O–H groups in total. The largest absolute Gasteiger partial charge is 0.368 e. The van der Waals surface area contributed by atoms with E-state index in [0.717, 1.165) is 0 Å². The van der Waals surface area contributed by atoms with Gasteiger partial charge in [-0.1, -0.05) is 0 Å². The lowest BCUT2D eigenvalue weighted by atomic mass is 10.9. The number of rotatable bonds is 0. The van der Waals surface area contributed by atoms with E-state index in [9.17, 15) is 4.79 Å². The van der Waals surface area contributed by atoms with Gasteiger partial charge in [0.1, 0.15) is 0 Å². The van der Waals surface area contributed by atoms with Crippen molar-refractivity contribution in [3.05, 3.63) is 0 Å². The molecule has 0 radical (unpaired) electrons. The van der Waals surface area contributed by atoms with E-state index in [0.29, 0.717) is 5.01 Å². The molecule has 0 bridgehead atoms. The van der Waals surface area contributed by atoms with Crippen LogP contribution in [0.3, 0.4) is 0 Å². The molecule has 7 heteroatoms. The van der Waals surface area contributed by atoms with Crippen molar-refractivity contribution in [3.8, 4) is 0 Å². The fraction of sp³-hybridized carbons (Fsp3) is 0. The zero-order valence-electron chi connectivity index (χ0n) is 4.50. The maximum atomic E-state index is 9.94. The Hall–Kier alpha value is -1.01. The van der Waals surface area contributed by atoms with Gasteiger partial charge in [-0.3, -0.25) is 5.41 Å². The van der Waals surface area contributed by atoms with Crippen LogP contribution in [0.4, 0.5) is 4.79 Å². The monoisotopic (exact) mass is 153 g/mol. The number of hydrazine groups is 1. The fourth-order valence-corrected chi connectivity index (χ4v) is 0.119. The number of guanidine groups is 1. The van der Waals surface area contributed by atoms with Crippen molar-refractivity contribution >= 4 is 24.4 Å². The molecule has 0 rings (SSSR count). The summed E-state index contributed by atoms with van der Waals surface area (Å²) in [4.78, 5) is 9.94. The highest BCUT2D eigenvalue weighted by molar-refractivity contribution is 5.92. The van der Waals surface area contributed by atoms with Gasteiger partial charge in [-0.2, -0.15) is 5.01 Å². The molecule has 0 saturated carbocycles. The third-order valence-corrected chi connectivity index (χ3v) is 0.497. The summed E-state index contributed by atoms with van der Waals surface area (Å²) in [7, 11) is 0. The van der Waals surface area contributed by atoms with Gasteiger partial charge in [-0.05, 0) is 0 Å². The molecule has 2 amide bonds. The maximum absolute atomic E-state index is 9.94. The SMILES string of the molecule is Cl.N=C(N)N(N)C(N)=O. The van der Waals surface area contributed by atoms with Gasteiger partial charge in [-0.25, -0.2) is 10.6 Å². The van der Waals surface area contributed by atoms with Crippen molar-refractivity contribution < 1.29 is 4.79 Å². The molecule has 9 heavy (non-hydrogen) atoms. The third-order valence-electron chi connectivity index (χ3n) is 0.497. The first kappa shape index (κ1) is 10.9. The quantitative estimate of drug-likeness (QED) is 0.112. The average Bonchev–Trinajstić information content (AvgIpc) is 1.64. The van der Waals surface area contributed by atoms with E-state index in [4.69, 9.17) is 17.0 Å². The second kappa shape index (κ2) is 3.93. The second-order valence-corrected chi connectivity index (χ2v) is 1.09. The molecule has 54 valence electrons. The van der Waals surface area contributed by atoms with Crippen LogP contribution in [0.15, 0.2) is 0 Å². The lowest BCUT2D eigenvalue weighted by molar-refractivity contribution is 0.230. The van der Waals surface area contributed by atoms with Crippen LogP contribution in [0.1, 0.15) is 0 Å². The van der Waals surface area contributed by atoms with Crippen LogP contribution in [0.5, 0.6) is 0 Å². The Morgan fingerprint density at radius 2 is 1.78 bits per heavy atom. The summed E-state index contributed by atoms with van der Waals surface area (Å²) in [5, 5.41) is 6.84. The van der Waals surface area contributed by atoms with E-state index < -0.39 is 12.0 Å². The number of nitrogens with one attached hydrogen (secondary N) is 1. The van der Waals surface area contributed by atoms with Gasteiger partial charge < -0.3 is 11.5 Å². The van der Waals surface area contributed by atoms with E-state index in [1.165, 1.54) is 0 Å². The first-order valence-corrected chi connectivity index (χ1v) is 1.74. The van der Waals surface area contributed by atoms with Crippen LogP contribution >= 0.6 is 12.4 Å². The summed E-state index contributed by atoms with van der Waals surface area (Å²) in [5.41, 5.74) is 9.30. The number of amides is 2. The van der Waals surface area contributed by atoms with Crippen molar-refractivity contribution in [3.63, 3.8) is 0 Å². The predicted molar refractivity (Wildman–Crippen MR) is 34.8 cm³/mol. The lowest BCUT2D eigenvalue weighted by Crippen LogP contribution is -2.49. The van der Waals surface area contributed by atoms with Crippen LogP contribution in [0.25, 0.3) is 0 Å². The minimum atomic E-state index is -0.947. The van der Waals surface area contributed by atoms with Crippen molar-refractivity contribution in [2.45, 2.75) is 0 Å². The molecule has 0 aromatic carbocycles. The summed E-state index contributed by atoms with van der Waals surface area (Å²) in [5.74, 6) is 4.20. The summed E-state index contributed by atoms with van der Waals surface area (Å²) >= 11 is 0. The summed E-state index contributed by atoms with van der Waals surface area (Å²) in [6, 6.07) is -0.947. The van der Waals surface area contributed by atoms with Crippen LogP contribution in [-0.2, 0) is 0 Å². The summed E-state index contributed by atoms with van der Waals surface area (Å²) in [6.07, 6.45) is 0. The first-order chi connectivity index (χ1) is 3.55. The van der Waals surface area contributed by atoms with Crippen molar-refractivity contribution in [1.29, 1.82) is 5.41 Å². The van der Waals surface area contributed by atoms with Crippen molar-refractivity contribution in [2.24, 2.45) is 17.3 Å². The third kappa shape index (κ3) is 3.56. The molecule has 6 nitrogen and oxygen atoms in total. The molecule has 0 heterocycles. The Morgan fingerprint density at radius 1 is 1.44 bits per heavy atom. The summed E-state index contributed by atoms with van der Waals surface area (Å²) < 4.78 is 0. The van der Waals surface area contributed by atoms with Gasteiger partial charge in [0.05, 0.1) is 0 Å². The Bertz CT molecular complexity index is 110. The molecule has 0 aliphatic rings. The number of primary amides is 1. The van der Waals surface area contributed by atoms with Crippen LogP contribution < -0.4 is 17.3 Å². The second-order valence-electron chi connectivity index (χ2n) is 1.09. The molecular weight excluding hydrogens is 146 g/mol. The Balaban J connectivity index is 0. The van der Waals surface area contributed by atoms with E-state index in [1.807, 2.05) is 0 Å². The van der Waals surface area contributed by atoms with E-state index >= 15 is 0 Å². The Labute approximate surface area is 57.9 Å². The Kier molecular flexibility index (Phi) is 4.75. The van der Waals surface area contributed by atoms with E-state index in [1.54, 1.807) is 0 Å². The Morgan fingerprint density at radius 3 is 1.78 bits per heavy atom. The highest BCUT2D eigenvalue weighted by Gasteiger charge is 2.04. The number of hydrogen-bond acceptors (Lipinski definition) is 3. The minimum Gasteiger partial charge on any atom is -0.368 e. The highest BCUT2D eigenvalue weighted by atomic mass is 35.5. The van der Waals surface area contributed by atoms with Gasteiger partial charge in [0.25, 0.3) is 0 Å². The number of nitrogens with zero attached hydrogens (tertiary/aromatic N) is 1. The highest BCUT2D eigenvalue weighted by Crippen LogP contribution is 1.69. The lowest BCUT2D eigenvalue weighted by Gasteiger charge is -2.08. The average molecular weight is 154 g/mol. The molecule has 0 saturated heterocycles. The molecule has 0 unspecified atom stereocenters.